The Morgan fingerprint density at radius 2 is 1.87 bits per heavy atom. The van der Waals surface area contributed by atoms with E-state index < -0.39 is 0 Å². The summed E-state index contributed by atoms with van der Waals surface area (Å²) in [5.74, 6) is 1.58. The van der Waals surface area contributed by atoms with Gasteiger partial charge in [-0.1, -0.05) is 36.4 Å². The van der Waals surface area contributed by atoms with Crippen molar-refractivity contribution in [2.45, 2.75) is 24.9 Å². The molecule has 0 amide bonds. The Morgan fingerprint density at radius 1 is 1.06 bits per heavy atom. The molecule has 4 rings (SSSR count). The van der Waals surface area contributed by atoms with Crippen LogP contribution < -0.4 is 9.47 Å². The van der Waals surface area contributed by atoms with E-state index in [1.165, 1.54) is 0 Å². The summed E-state index contributed by atoms with van der Waals surface area (Å²) in [7, 11) is 3.29. The van der Waals surface area contributed by atoms with Crippen LogP contribution in [0, 0.1) is 5.92 Å². The van der Waals surface area contributed by atoms with Gasteiger partial charge < -0.3 is 14.2 Å². The highest BCUT2D eigenvalue weighted by atomic mass is 16.5. The van der Waals surface area contributed by atoms with Crippen molar-refractivity contribution in [1.29, 1.82) is 0 Å². The number of methoxy groups -OCH3 is 2. The van der Waals surface area contributed by atoms with E-state index in [0.717, 1.165) is 34.7 Å². The molecule has 0 saturated heterocycles. The Hall–Kier alpha value is -3.18. The van der Waals surface area contributed by atoms with E-state index in [0.29, 0.717) is 19.6 Å². The molecule has 3 aromatic rings. The van der Waals surface area contributed by atoms with Gasteiger partial charge in [0.05, 0.1) is 20.3 Å². The van der Waals surface area contributed by atoms with Crippen LogP contribution >= 0.6 is 0 Å². The Balaban J connectivity index is 1.52. The van der Waals surface area contributed by atoms with Gasteiger partial charge in [0.1, 0.15) is 17.3 Å². The van der Waals surface area contributed by atoms with Gasteiger partial charge >= 0.3 is 0 Å². The topological polar surface area (TPSA) is 57.7 Å². The van der Waals surface area contributed by atoms with E-state index in [2.05, 4.69) is 17.1 Å². The van der Waals surface area contributed by atoms with Crippen LogP contribution in [0.25, 0.3) is 0 Å². The number of aromatic nitrogens is 1. The molecule has 1 fully saturated rings. The first kappa shape index (κ1) is 21.1. The van der Waals surface area contributed by atoms with Gasteiger partial charge in [0, 0.05) is 48.4 Å². The largest absolute Gasteiger partial charge is 0.496 e. The van der Waals surface area contributed by atoms with Crippen LogP contribution in [0.3, 0.4) is 0 Å². The summed E-state index contributed by atoms with van der Waals surface area (Å²) < 4.78 is 16.9. The van der Waals surface area contributed by atoms with Crippen molar-refractivity contribution in [3.8, 4) is 11.5 Å². The van der Waals surface area contributed by atoms with Gasteiger partial charge in [0.25, 0.3) is 0 Å². The third kappa shape index (κ3) is 4.62. The Morgan fingerprint density at radius 3 is 2.58 bits per heavy atom. The monoisotopic (exact) mass is 417 g/mol. The summed E-state index contributed by atoms with van der Waals surface area (Å²) in [4.78, 5) is 17.4. The second-order valence-electron chi connectivity index (χ2n) is 7.94. The lowest BCUT2D eigenvalue weighted by atomic mass is 9.92. The lowest BCUT2D eigenvalue weighted by Crippen LogP contribution is -2.24. The first-order valence-electron chi connectivity index (χ1n) is 10.4. The number of carbonyl (C=O) groups is 1. The van der Waals surface area contributed by atoms with Crippen LogP contribution in [0.15, 0.2) is 72.9 Å². The maximum atomic E-state index is 13.1. The van der Waals surface area contributed by atoms with Gasteiger partial charge in [0.15, 0.2) is 0 Å². The fourth-order valence-corrected chi connectivity index (χ4v) is 4.17. The van der Waals surface area contributed by atoms with E-state index in [1.807, 2.05) is 54.6 Å². The maximum absolute atomic E-state index is 13.1. The number of ether oxygens (including phenoxy) is 3. The van der Waals surface area contributed by atoms with Crippen LogP contribution in [-0.2, 0) is 28.0 Å². The number of ketones is 1. The first-order chi connectivity index (χ1) is 15.2. The molecule has 1 aliphatic rings. The molecular formula is C26H27NO4. The van der Waals surface area contributed by atoms with Crippen molar-refractivity contribution in [2.75, 3.05) is 20.8 Å². The molecule has 2 unspecified atom stereocenters. The molecule has 2 atom stereocenters. The molecule has 160 valence electrons. The number of hydrogen-bond donors (Lipinski definition) is 0. The summed E-state index contributed by atoms with van der Waals surface area (Å²) in [6.45, 7) is 0.907. The number of Topliss-reactive ketones (excluding diaryl/α,β-unsaturated/α-hetero) is 1. The smallest absolute Gasteiger partial charge is 0.142 e. The zero-order valence-corrected chi connectivity index (χ0v) is 17.9. The molecule has 5 heteroatoms. The quantitative estimate of drug-likeness (QED) is 0.490. The van der Waals surface area contributed by atoms with Gasteiger partial charge in [0.2, 0.25) is 0 Å². The Bertz CT molecular complexity index is 1020. The molecule has 5 nitrogen and oxygen atoms in total. The molecule has 0 bridgehead atoms. The normalized spacial score (nSPS) is 19.6. The molecule has 1 aromatic heterocycles. The van der Waals surface area contributed by atoms with Crippen LogP contribution in [0.5, 0.6) is 11.5 Å². The molecule has 0 aliphatic heterocycles. The van der Waals surface area contributed by atoms with Crippen molar-refractivity contribution in [3.63, 3.8) is 0 Å². The van der Waals surface area contributed by atoms with Crippen molar-refractivity contribution >= 4 is 5.78 Å². The number of pyridine rings is 1. The maximum Gasteiger partial charge on any atom is 0.142 e. The summed E-state index contributed by atoms with van der Waals surface area (Å²) in [6.07, 6.45) is 2.85. The molecule has 31 heavy (non-hydrogen) atoms. The molecule has 0 N–H and O–H groups in total. The molecule has 0 spiro atoms. The van der Waals surface area contributed by atoms with Crippen LogP contribution in [0.4, 0.5) is 0 Å². The molecule has 1 saturated carbocycles. The second-order valence-corrected chi connectivity index (χ2v) is 7.94. The van der Waals surface area contributed by atoms with Gasteiger partial charge in [-0.3, -0.25) is 9.78 Å². The number of rotatable bonds is 10. The predicted molar refractivity (Wildman–Crippen MR) is 118 cm³/mol. The van der Waals surface area contributed by atoms with Crippen molar-refractivity contribution < 1.29 is 19.0 Å². The minimum absolute atomic E-state index is 0.0773. The zero-order valence-electron chi connectivity index (χ0n) is 17.9. The average molecular weight is 418 g/mol. The third-order valence-corrected chi connectivity index (χ3v) is 5.95. The van der Waals surface area contributed by atoms with Crippen LogP contribution in [-0.4, -0.2) is 31.6 Å². The highest BCUT2D eigenvalue weighted by Crippen LogP contribution is 2.55. The van der Waals surface area contributed by atoms with E-state index in [9.17, 15) is 4.79 Å². The highest BCUT2D eigenvalue weighted by Gasteiger charge is 2.59. The Kier molecular flexibility index (Phi) is 6.33. The first-order valence-corrected chi connectivity index (χ1v) is 10.4. The van der Waals surface area contributed by atoms with E-state index >= 15 is 0 Å². The molecule has 2 aromatic carbocycles. The molecule has 1 heterocycles. The summed E-state index contributed by atoms with van der Waals surface area (Å²) in [6, 6.07) is 21.6. The third-order valence-electron chi connectivity index (χ3n) is 5.95. The van der Waals surface area contributed by atoms with Crippen molar-refractivity contribution in [2.24, 2.45) is 5.92 Å². The van der Waals surface area contributed by atoms with Crippen molar-refractivity contribution in [1.82, 2.24) is 4.98 Å². The van der Waals surface area contributed by atoms with Crippen LogP contribution in [0.2, 0.25) is 0 Å². The van der Waals surface area contributed by atoms with E-state index in [4.69, 9.17) is 14.2 Å². The fourth-order valence-electron chi connectivity index (χ4n) is 4.17. The van der Waals surface area contributed by atoms with E-state index in [-0.39, 0.29) is 17.1 Å². The lowest BCUT2D eigenvalue weighted by Gasteiger charge is -2.19. The van der Waals surface area contributed by atoms with E-state index in [1.54, 1.807) is 20.4 Å². The summed E-state index contributed by atoms with van der Waals surface area (Å²) >= 11 is 0. The highest BCUT2D eigenvalue weighted by molar-refractivity contribution is 5.88. The SMILES string of the molecule is COCc1ccc(OCC2(c3ccccc3)CC2C(=O)Cc2ccccn2)cc1OC. The summed E-state index contributed by atoms with van der Waals surface area (Å²) in [5.41, 5.74) is 2.59. The summed E-state index contributed by atoms with van der Waals surface area (Å²) in [5, 5.41) is 0. The molecular weight excluding hydrogens is 390 g/mol. The van der Waals surface area contributed by atoms with Gasteiger partial charge in [-0.05, 0) is 36.2 Å². The number of benzene rings is 2. The minimum Gasteiger partial charge on any atom is -0.496 e. The van der Waals surface area contributed by atoms with Crippen LogP contribution in [0.1, 0.15) is 23.2 Å². The number of hydrogen-bond acceptors (Lipinski definition) is 5. The van der Waals surface area contributed by atoms with Crippen molar-refractivity contribution in [3.05, 3.63) is 89.7 Å². The fraction of sp³-hybridized carbons (Fsp3) is 0.308. The zero-order chi connectivity index (χ0) is 21.7. The Labute approximate surface area is 183 Å². The number of carbonyl (C=O) groups excluding carboxylic acids is 1. The van der Waals surface area contributed by atoms with Gasteiger partial charge in [-0.2, -0.15) is 0 Å². The van der Waals surface area contributed by atoms with Gasteiger partial charge in [-0.25, -0.2) is 0 Å². The predicted octanol–water partition coefficient (Wildman–Crippen LogP) is 4.39. The molecule has 0 radical (unpaired) electrons. The minimum atomic E-state index is -0.314. The lowest BCUT2D eigenvalue weighted by molar-refractivity contribution is -0.120. The standard InChI is InChI=1S/C26H27NO4/c1-29-17-19-11-12-22(15-25(19)30-2)31-18-26(20-8-4-3-5-9-20)16-23(26)24(28)14-21-10-6-7-13-27-21/h3-13,15,23H,14,16-18H2,1-2H3. The average Bonchev–Trinajstić information content (AvgIpc) is 3.56. The molecule has 1 aliphatic carbocycles. The second kappa shape index (κ2) is 9.31. The number of nitrogens with zero attached hydrogens (tertiary/aromatic N) is 1. The van der Waals surface area contributed by atoms with Gasteiger partial charge in [-0.15, -0.1) is 0 Å².